The van der Waals surface area contributed by atoms with Crippen molar-refractivity contribution in [1.82, 2.24) is 9.97 Å². The lowest BCUT2D eigenvalue weighted by atomic mass is 10.2. The van der Waals surface area contributed by atoms with Crippen molar-refractivity contribution < 1.29 is 9.13 Å². The van der Waals surface area contributed by atoms with Crippen molar-refractivity contribution in [3.63, 3.8) is 0 Å². The quantitative estimate of drug-likeness (QED) is 0.573. The van der Waals surface area contributed by atoms with Gasteiger partial charge in [-0.3, -0.25) is 0 Å². The minimum absolute atomic E-state index is 0.156. The topological polar surface area (TPSA) is 109 Å². The third-order valence-corrected chi connectivity index (χ3v) is 2.50. The Morgan fingerprint density at radius 3 is 2.70 bits per heavy atom. The number of nitrogens with two attached hydrogens (primary N) is 1. The summed E-state index contributed by atoms with van der Waals surface area (Å²) in [4.78, 5) is 7.83. The lowest BCUT2D eigenvalue weighted by molar-refractivity contribution is 0.415. The summed E-state index contributed by atoms with van der Waals surface area (Å²) in [5.41, 5.74) is 2.74. The first kappa shape index (κ1) is 13.5. The van der Waals surface area contributed by atoms with Gasteiger partial charge < -0.3 is 15.5 Å². The monoisotopic (exact) mass is 274 g/mol. The lowest BCUT2D eigenvalue weighted by Gasteiger charge is -2.12. The van der Waals surface area contributed by atoms with Crippen molar-refractivity contribution in [2.45, 2.75) is 0 Å². The second-order valence-corrected chi connectivity index (χ2v) is 3.68. The van der Waals surface area contributed by atoms with Crippen molar-refractivity contribution in [3.8, 4) is 11.8 Å². The van der Waals surface area contributed by atoms with Crippen LogP contribution in [-0.4, -0.2) is 17.1 Å². The summed E-state index contributed by atoms with van der Waals surface area (Å²) in [6.07, 6.45) is 1.25. The molecular formula is C12H11FN6O. The maximum absolute atomic E-state index is 13.8. The number of nitrogen functional groups attached to an aromatic ring is 1. The zero-order chi connectivity index (χ0) is 14.5. The van der Waals surface area contributed by atoms with E-state index >= 15 is 0 Å². The van der Waals surface area contributed by atoms with Gasteiger partial charge in [-0.15, -0.1) is 0 Å². The molecule has 0 fully saturated rings. The summed E-state index contributed by atoms with van der Waals surface area (Å²) in [6.45, 7) is 0. The SMILES string of the molecule is COc1c(NN)ncnc1Nc1ccc(C#N)cc1F. The molecule has 0 spiro atoms. The fraction of sp³-hybridized carbons (Fsp3) is 0.0833. The van der Waals surface area contributed by atoms with E-state index in [1.165, 1.54) is 25.6 Å². The van der Waals surface area contributed by atoms with Gasteiger partial charge in [-0.05, 0) is 18.2 Å². The standard InChI is InChI=1S/C12H11FN6O/c1-20-10-11(16-6-17-12(10)19-15)18-9-3-2-7(5-14)4-8(9)13/h2-4,6H,15H2,1H3,(H2,16,17,18,19). The third kappa shape index (κ3) is 2.57. The molecule has 0 saturated heterocycles. The predicted molar refractivity (Wildman–Crippen MR) is 70.8 cm³/mol. The summed E-state index contributed by atoms with van der Waals surface area (Å²) >= 11 is 0. The molecule has 0 aliphatic heterocycles. The molecule has 1 aromatic heterocycles. The molecule has 7 nitrogen and oxygen atoms in total. The molecular weight excluding hydrogens is 263 g/mol. The van der Waals surface area contributed by atoms with Crippen molar-refractivity contribution >= 4 is 17.3 Å². The van der Waals surface area contributed by atoms with Crippen LogP contribution in [0.3, 0.4) is 0 Å². The van der Waals surface area contributed by atoms with E-state index < -0.39 is 5.82 Å². The number of hydrogen-bond donors (Lipinski definition) is 3. The Morgan fingerprint density at radius 1 is 1.35 bits per heavy atom. The van der Waals surface area contributed by atoms with Gasteiger partial charge in [0.05, 0.1) is 24.4 Å². The zero-order valence-electron chi connectivity index (χ0n) is 10.5. The van der Waals surface area contributed by atoms with Crippen LogP contribution >= 0.6 is 0 Å². The molecule has 0 atom stereocenters. The fourth-order valence-electron chi connectivity index (χ4n) is 1.57. The minimum atomic E-state index is -0.577. The molecule has 0 aliphatic carbocycles. The van der Waals surface area contributed by atoms with Crippen LogP contribution in [0.2, 0.25) is 0 Å². The molecule has 2 rings (SSSR count). The number of nitrogens with zero attached hydrogens (tertiary/aromatic N) is 3. The average molecular weight is 274 g/mol. The molecule has 0 saturated carbocycles. The van der Waals surface area contributed by atoms with E-state index in [0.717, 1.165) is 6.07 Å². The van der Waals surface area contributed by atoms with Gasteiger partial charge in [0.2, 0.25) is 5.75 Å². The highest BCUT2D eigenvalue weighted by molar-refractivity contribution is 5.69. The van der Waals surface area contributed by atoms with Gasteiger partial charge in [0, 0.05) is 0 Å². The van der Waals surface area contributed by atoms with Crippen LogP contribution in [0, 0.1) is 17.1 Å². The Balaban J connectivity index is 2.38. The first-order chi connectivity index (χ1) is 9.69. The van der Waals surface area contributed by atoms with Gasteiger partial charge in [0.25, 0.3) is 0 Å². The van der Waals surface area contributed by atoms with E-state index in [1.807, 2.05) is 6.07 Å². The van der Waals surface area contributed by atoms with Crippen molar-refractivity contribution in [2.24, 2.45) is 5.84 Å². The molecule has 0 radical (unpaired) electrons. The Bertz CT molecular complexity index is 669. The van der Waals surface area contributed by atoms with Crippen LogP contribution in [-0.2, 0) is 0 Å². The number of rotatable bonds is 4. The molecule has 2 aromatic rings. The predicted octanol–water partition coefficient (Wildman–Crippen LogP) is 1.53. The maximum Gasteiger partial charge on any atom is 0.205 e. The number of nitriles is 1. The van der Waals surface area contributed by atoms with Crippen molar-refractivity contribution in [2.75, 3.05) is 17.9 Å². The molecule has 1 aromatic carbocycles. The lowest BCUT2D eigenvalue weighted by Crippen LogP contribution is -2.11. The first-order valence-corrected chi connectivity index (χ1v) is 5.52. The van der Waals surface area contributed by atoms with E-state index in [9.17, 15) is 4.39 Å². The highest BCUT2D eigenvalue weighted by atomic mass is 19.1. The second-order valence-electron chi connectivity index (χ2n) is 3.68. The molecule has 0 aliphatic rings. The van der Waals surface area contributed by atoms with Crippen LogP contribution < -0.4 is 21.3 Å². The zero-order valence-corrected chi connectivity index (χ0v) is 10.5. The second kappa shape index (κ2) is 5.81. The Morgan fingerprint density at radius 2 is 2.10 bits per heavy atom. The number of benzene rings is 1. The summed E-state index contributed by atoms with van der Waals surface area (Å²) in [5, 5.41) is 11.5. The normalized spacial score (nSPS) is 9.70. The third-order valence-electron chi connectivity index (χ3n) is 2.50. The van der Waals surface area contributed by atoms with Gasteiger partial charge in [-0.25, -0.2) is 20.2 Å². The molecule has 20 heavy (non-hydrogen) atoms. The van der Waals surface area contributed by atoms with E-state index in [4.69, 9.17) is 15.8 Å². The highest BCUT2D eigenvalue weighted by Crippen LogP contribution is 2.31. The van der Waals surface area contributed by atoms with E-state index in [-0.39, 0.29) is 28.6 Å². The number of hydrogen-bond acceptors (Lipinski definition) is 7. The molecule has 0 amide bonds. The Hall–Kier alpha value is -2.92. The van der Waals surface area contributed by atoms with Crippen LogP contribution in [0.5, 0.6) is 5.75 Å². The van der Waals surface area contributed by atoms with Gasteiger partial charge in [-0.2, -0.15) is 5.26 Å². The molecule has 102 valence electrons. The van der Waals surface area contributed by atoms with Crippen LogP contribution in [0.1, 0.15) is 5.56 Å². The number of hydrazine groups is 1. The summed E-state index contributed by atoms with van der Waals surface area (Å²) in [5.74, 6) is 5.48. The number of anilines is 3. The van der Waals surface area contributed by atoms with Gasteiger partial charge in [0.15, 0.2) is 11.6 Å². The first-order valence-electron chi connectivity index (χ1n) is 5.52. The number of methoxy groups -OCH3 is 1. The minimum Gasteiger partial charge on any atom is -0.490 e. The van der Waals surface area contributed by atoms with Crippen LogP contribution in [0.15, 0.2) is 24.5 Å². The molecule has 8 heteroatoms. The van der Waals surface area contributed by atoms with Crippen molar-refractivity contribution in [1.29, 1.82) is 5.26 Å². The Labute approximate surface area is 114 Å². The van der Waals surface area contributed by atoms with Gasteiger partial charge >= 0.3 is 0 Å². The van der Waals surface area contributed by atoms with E-state index in [1.54, 1.807) is 0 Å². The number of halogens is 1. The highest BCUT2D eigenvalue weighted by Gasteiger charge is 2.13. The number of ether oxygens (including phenoxy) is 1. The van der Waals surface area contributed by atoms with E-state index in [0.29, 0.717) is 0 Å². The van der Waals surface area contributed by atoms with Gasteiger partial charge in [-0.1, -0.05) is 0 Å². The smallest absolute Gasteiger partial charge is 0.205 e. The fourth-order valence-corrected chi connectivity index (χ4v) is 1.57. The summed E-state index contributed by atoms with van der Waals surface area (Å²) < 4.78 is 18.9. The number of aromatic nitrogens is 2. The van der Waals surface area contributed by atoms with Gasteiger partial charge in [0.1, 0.15) is 12.1 Å². The number of nitrogens with one attached hydrogen (secondary N) is 2. The average Bonchev–Trinajstić information content (AvgIpc) is 2.48. The summed E-state index contributed by atoms with van der Waals surface area (Å²) in [6, 6.07) is 5.90. The van der Waals surface area contributed by atoms with E-state index in [2.05, 4.69) is 20.7 Å². The van der Waals surface area contributed by atoms with Crippen molar-refractivity contribution in [3.05, 3.63) is 35.9 Å². The van der Waals surface area contributed by atoms with Crippen LogP contribution in [0.4, 0.5) is 21.7 Å². The summed E-state index contributed by atoms with van der Waals surface area (Å²) in [7, 11) is 1.42. The molecule has 0 unspecified atom stereocenters. The maximum atomic E-state index is 13.8. The molecule has 4 N–H and O–H groups in total. The van der Waals surface area contributed by atoms with Crippen LogP contribution in [0.25, 0.3) is 0 Å². The molecule has 0 bridgehead atoms. The Kier molecular flexibility index (Phi) is 3.93. The largest absolute Gasteiger partial charge is 0.490 e. The molecule has 1 heterocycles.